The lowest BCUT2D eigenvalue weighted by molar-refractivity contribution is -0.285. The Morgan fingerprint density at radius 2 is 1.83 bits per heavy atom. The van der Waals surface area contributed by atoms with Crippen LogP contribution in [0.2, 0.25) is 0 Å². The van der Waals surface area contributed by atoms with Crippen LogP contribution in [-0.4, -0.2) is 151 Å². The maximum Gasteiger partial charge on any atom is 0.357 e. The van der Waals surface area contributed by atoms with Gasteiger partial charge in [0.15, 0.2) is 6.10 Å². The van der Waals surface area contributed by atoms with Crippen LogP contribution in [-0.2, 0) is 50.0 Å². The zero-order chi connectivity index (χ0) is 35.2. The van der Waals surface area contributed by atoms with Crippen LogP contribution in [0.5, 0.6) is 0 Å². The van der Waals surface area contributed by atoms with Crippen molar-refractivity contribution in [2.75, 3.05) is 18.6 Å². The average Bonchev–Trinajstić information content (AvgIpc) is 3.43. The summed E-state index contributed by atoms with van der Waals surface area (Å²) in [5, 5.41) is 62.1. The highest BCUT2D eigenvalue weighted by Crippen LogP contribution is 2.54. The highest BCUT2D eigenvalue weighted by Gasteiger charge is 2.67. The van der Waals surface area contributed by atoms with Crippen molar-refractivity contribution >= 4 is 82.7 Å². The number of aryl methyl sites for hydroxylation is 1. The molecule has 4 aliphatic rings. The molecule has 21 nitrogen and oxygen atoms in total. The Morgan fingerprint density at radius 1 is 1.15 bits per heavy atom. The van der Waals surface area contributed by atoms with E-state index in [4.69, 9.17) is 19.9 Å². The van der Waals surface area contributed by atoms with Crippen LogP contribution in [0.25, 0.3) is 0 Å². The van der Waals surface area contributed by atoms with Crippen LogP contribution in [0, 0.1) is 0 Å². The first-order valence-corrected chi connectivity index (χ1v) is 17.1. The number of tetrazole rings is 1. The number of nitrogens with one attached hydrogen (secondary N) is 1. The van der Waals surface area contributed by atoms with Gasteiger partial charge in [0.05, 0.1) is 4.24 Å². The quantitative estimate of drug-likeness (QED) is 0.0215. The third-order valence-corrected chi connectivity index (χ3v) is 12.6. The molecule has 0 radical (unpaired) electrons. The molecule has 3 saturated heterocycles. The van der Waals surface area contributed by atoms with E-state index in [1.54, 1.807) is 7.05 Å². The minimum absolute atomic E-state index is 0.00154. The fraction of sp³-hybridized carbons (Fsp3) is 0.522. The van der Waals surface area contributed by atoms with Crippen LogP contribution >= 0.6 is 47.0 Å². The Kier molecular flexibility index (Phi) is 10.3. The van der Waals surface area contributed by atoms with Crippen LogP contribution in [0.3, 0.4) is 0 Å². The summed E-state index contributed by atoms with van der Waals surface area (Å²) in [6.45, 7) is 0. The Balaban J connectivity index is 1.39. The van der Waals surface area contributed by atoms with Gasteiger partial charge in [-0.15, -0.1) is 16.9 Å². The number of rotatable bonds is 11. The molecule has 7 atom stereocenters. The number of aliphatic hydroxyl groups excluding tert-OH is 3. The van der Waals surface area contributed by atoms with E-state index in [9.17, 15) is 54.3 Å². The summed E-state index contributed by atoms with van der Waals surface area (Å²) in [6, 6.07) is 0. The first-order chi connectivity index (χ1) is 22.6. The molecule has 4 aliphatic heterocycles. The molecule has 5 rings (SSSR count). The lowest BCUT2D eigenvalue weighted by atomic mass is 9.98. The van der Waals surface area contributed by atoms with Crippen LogP contribution in [0.1, 0.15) is 0 Å². The maximum absolute atomic E-state index is 13.8. The Labute approximate surface area is 284 Å². The van der Waals surface area contributed by atoms with E-state index in [0.29, 0.717) is 10.7 Å². The molecule has 0 bridgehead atoms. The number of carbonyl (C=O) groups excluding carboxylic acids is 4. The molecule has 5 heterocycles. The lowest BCUT2D eigenvalue weighted by Crippen LogP contribution is -2.81. The first-order valence-electron chi connectivity index (χ1n) is 13.3. The van der Waals surface area contributed by atoms with Gasteiger partial charge in [0, 0.05) is 25.7 Å². The van der Waals surface area contributed by atoms with Gasteiger partial charge in [-0.2, -0.15) is 0 Å². The second-order valence-corrected chi connectivity index (χ2v) is 14.9. The van der Waals surface area contributed by atoms with E-state index in [1.165, 1.54) is 4.68 Å². The van der Waals surface area contributed by atoms with Gasteiger partial charge in [-0.1, -0.05) is 35.3 Å². The monoisotopic (exact) mass is 751 g/mol. The second-order valence-electron chi connectivity index (χ2n) is 10.1. The number of aromatic nitrogens is 4. The van der Waals surface area contributed by atoms with Gasteiger partial charge in [0.25, 0.3) is 17.5 Å². The minimum atomic E-state index is -2.08. The Morgan fingerprint density at radius 3 is 2.40 bits per heavy atom. The van der Waals surface area contributed by atoms with Crippen LogP contribution in [0.15, 0.2) is 26.2 Å². The molecule has 260 valence electrons. The number of thioether (sulfide) groups is 4. The number of carboxylic acid groups (broad SMARTS) is 2. The summed E-state index contributed by atoms with van der Waals surface area (Å²) in [7, 11) is 2.71. The Hall–Kier alpha value is -3.43. The number of esters is 1. The summed E-state index contributed by atoms with van der Waals surface area (Å²) in [5.41, 5.74) is 2.34. The van der Waals surface area contributed by atoms with Crippen molar-refractivity contribution in [3.05, 3.63) is 21.1 Å². The summed E-state index contributed by atoms with van der Waals surface area (Å²) < 4.78 is 16.2. The van der Waals surface area contributed by atoms with Crippen LogP contribution in [0.4, 0.5) is 0 Å². The summed E-state index contributed by atoms with van der Waals surface area (Å²) in [4.78, 5) is 76.0. The first kappa shape index (κ1) is 35.9. The van der Waals surface area contributed by atoms with Crippen molar-refractivity contribution in [2.45, 2.75) is 51.5 Å². The molecule has 8 N–H and O–H groups in total. The van der Waals surface area contributed by atoms with E-state index < -0.39 is 87.6 Å². The number of ether oxygens (including phenoxy) is 3. The number of aliphatic carboxylic acids is 2. The minimum Gasteiger partial charge on any atom is -0.479 e. The highest BCUT2D eigenvalue weighted by molar-refractivity contribution is 8.39. The van der Waals surface area contributed by atoms with Crippen molar-refractivity contribution in [1.82, 2.24) is 30.4 Å². The smallest absolute Gasteiger partial charge is 0.357 e. The van der Waals surface area contributed by atoms with Crippen LogP contribution < -0.4 is 11.1 Å². The van der Waals surface area contributed by atoms with Gasteiger partial charge < -0.3 is 50.8 Å². The number of carboxylic acids is 2. The normalized spacial score (nSPS) is 31.3. The maximum atomic E-state index is 13.8. The molecule has 5 unspecified atom stereocenters. The third-order valence-electron chi connectivity index (χ3n) is 7.23. The fourth-order valence-electron chi connectivity index (χ4n) is 4.81. The number of hydrogen-bond donors (Lipinski definition) is 7. The molecular formula is C23H25N7O14S4. The van der Waals surface area contributed by atoms with Crippen molar-refractivity contribution in [1.29, 1.82) is 0 Å². The molecule has 0 aliphatic carbocycles. The highest BCUT2D eigenvalue weighted by atomic mass is 32.3. The molecule has 0 aromatic carbocycles. The van der Waals surface area contributed by atoms with Gasteiger partial charge in [0.2, 0.25) is 17.4 Å². The molecule has 0 spiro atoms. The molecular weight excluding hydrogens is 727 g/mol. The number of β-lactam (4-membered cyclic amide) rings is 1. The number of nitrogens with zero attached hydrogens (tertiary/aromatic N) is 5. The van der Waals surface area contributed by atoms with E-state index in [2.05, 4.69) is 20.8 Å². The van der Waals surface area contributed by atoms with Crippen molar-refractivity contribution in [3.8, 4) is 0 Å². The van der Waals surface area contributed by atoms with Gasteiger partial charge in [-0.3, -0.25) is 19.3 Å². The molecule has 0 saturated carbocycles. The van der Waals surface area contributed by atoms with Gasteiger partial charge in [-0.05, 0) is 16.0 Å². The molecule has 1 aromatic rings. The van der Waals surface area contributed by atoms with Gasteiger partial charge in [0.1, 0.15) is 39.5 Å². The summed E-state index contributed by atoms with van der Waals surface area (Å²) in [5.74, 6) is -7.38. The number of methoxy groups -OCH3 is 1. The molecule has 25 heteroatoms. The lowest BCUT2D eigenvalue weighted by Gasteiger charge is -2.56. The van der Waals surface area contributed by atoms with Crippen molar-refractivity contribution in [3.63, 3.8) is 0 Å². The van der Waals surface area contributed by atoms with E-state index in [-0.39, 0.29) is 21.4 Å². The largest absolute Gasteiger partial charge is 0.479 e. The molecule has 48 heavy (non-hydrogen) atoms. The number of carbonyl (C=O) groups is 6. The number of primary amides is 1. The zero-order valence-electron chi connectivity index (χ0n) is 24.3. The second kappa shape index (κ2) is 13.8. The van der Waals surface area contributed by atoms with E-state index in [0.717, 1.165) is 59.1 Å². The zero-order valence-corrected chi connectivity index (χ0v) is 27.6. The molecule has 3 fully saturated rings. The number of amides is 3. The summed E-state index contributed by atoms with van der Waals surface area (Å²) >= 11 is 3.66. The predicted molar refractivity (Wildman–Crippen MR) is 161 cm³/mol. The topological polar surface area (TPSA) is 316 Å². The standard InChI is InChI=1S/C23H25N7O14S4/c1-29-22(26-27-28-29)46-4-5-3-45-21-23(42-2,25-13(35)19-47-18(48-19)6(12(24)34)14(36)37)20(41)30(21)7(5)16(40)44-17-10(33)8(31)9(32)11(43-17)15(38)39/h8-11,17,19,21,31-33H,3-4H2,1-2H3,(H2,24,34)(H,25,35)(H,36,37)(H,38,39)/t8?,9?,10?,11?,17?,19?,21-,23+/m1/s1. The molecule has 3 amide bonds. The van der Waals surface area contributed by atoms with Gasteiger partial charge in [-0.25, -0.2) is 19.1 Å². The molecule has 1 aromatic heterocycles. The number of aliphatic hydroxyl groups is 3. The SMILES string of the molecule is CO[C@@]1(NC(=O)C2SC(=C(C(N)=O)C(=O)O)S2)C(=O)N2C(C(=O)OC3OC(C(=O)O)C(O)C(O)C3O)=C(CSc3nnnn3C)CS[C@@H]21. The third kappa shape index (κ3) is 6.24. The van der Waals surface area contributed by atoms with E-state index >= 15 is 0 Å². The van der Waals surface area contributed by atoms with E-state index in [1.807, 2.05) is 0 Å². The van der Waals surface area contributed by atoms with Gasteiger partial charge >= 0.3 is 17.9 Å². The number of hydrogen-bond acceptors (Lipinski definition) is 19. The fourth-order valence-corrected chi connectivity index (χ4v) is 9.46. The number of nitrogens with two attached hydrogens (primary N) is 1. The Bertz CT molecular complexity index is 1610. The summed E-state index contributed by atoms with van der Waals surface area (Å²) in [6.07, 6.45) is -10.4. The van der Waals surface area contributed by atoms with Crippen molar-refractivity contribution in [2.24, 2.45) is 12.8 Å². The average molecular weight is 752 g/mol. The predicted octanol–water partition coefficient (Wildman–Crippen LogP) is -4.05. The number of fused-ring (bicyclic) bond motifs is 1. The van der Waals surface area contributed by atoms with Crippen molar-refractivity contribution < 1.29 is 68.5 Å².